The van der Waals surface area contributed by atoms with Crippen molar-refractivity contribution in [2.24, 2.45) is 0 Å². The molecule has 0 unspecified atom stereocenters. The standard InChI is InChI=1S/C8H11N3O4/c1-15-6(12)2-3-11-4-5(9)7(10-11)8(13)14/h4H,2-3,9H2,1H3,(H,13,14). The lowest BCUT2D eigenvalue weighted by Crippen LogP contribution is -2.08. The van der Waals surface area contributed by atoms with Crippen molar-refractivity contribution in [2.45, 2.75) is 13.0 Å². The number of aromatic nitrogens is 2. The van der Waals surface area contributed by atoms with Crippen LogP contribution in [0, 0.1) is 0 Å². The van der Waals surface area contributed by atoms with Crippen LogP contribution in [0.25, 0.3) is 0 Å². The third-order valence-corrected chi connectivity index (χ3v) is 1.77. The maximum Gasteiger partial charge on any atom is 0.358 e. The summed E-state index contributed by atoms with van der Waals surface area (Å²) in [6.07, 6.45) is 1.49. The van der Waals surface area contributed by atoms with Gasteiger partial charge in [-0.2, -0.15) is 5.10 Å². The molecule has 0 bridgehead atoms. The molecule has 15 heavy (non-hydrogen) atoms. The molecule has 1 heterocycles. The van der Waals surface area contributed by atoms with Crippen LogP contribution in [0.2, 0.25) is 0 Å². The van der Waals surface area contributed by atoms with Crippen molar-refractivity contribution >= 4 is 17.6 Å². The lowest BCUT2D eigenvalue weighted by atomic mass is 10.4. The highest BCUT2D eigenvalue weighted by atomic mass is 16.5. The molecule has 82 valence electrons. The number of anilines is 1. The molecule has 3 N–H and O–H groups in total. The summed E-state index contributed by atoms with van der Waals surface area (Å²) in [5, 5.41) is 12.4. The summed E-state index contributed by atoms with van der Waals surface area (Å²) in [6, 6.07) is 0. The zero-order chi connectivity index (χ0) is 11.4. The number of nitrogen functional groups attached to an aromatic ring is 1. The largest absolute Gasteiger partial charge is 0.476 e. The monoisotopic (exact) mass is 213 g/mol. The number of nitrogens with two attached hydrogens (primary N) is 1. The Balaban J connectivity index is 2.67. The Labute approximate surface area is 85.4 Å². The van der Waals surface area contributed by atoms with E-state index in [0.29, 0.717) is 0 Å². The second kappa shape index (κ2) is 4.45. The van der Waals surface area contributed by atoms with E-state index in [1.54, 1.807) is 0 Å². The molecule has 0 saturated carbocycles. The maximum atomic E-state index is 10.8. The van der Waals surface area contributed by atoms with Gasteiger partial charge in [-0.25, -0.2) is 4.79 Å². The van der Waals surface area contributed by atoms with Gasteiger partial charge in [0, 0.05) is 6.20 Å². The number of hydrogen-bond acceptors (Lipinski definition) is 5. The minimum absolute atomic E-state index is 0.0763. The van der Waals surface area contributed by atoms with Crippen molar-refractivity contribution in [1.82, 2.24) is 9.78 Å². The molecule has 0 aliphatic rings. The van der Waals surface area contributed by atoms with Crippen LogP contribution in [0.5, 0.6) is 0 Å². The van der Waals surface area contributed by atoms with E-state index >= 15 is 0 Å². The van der Waals surface area contributed by atoms with Gasteiger partial charge in [0.05, 0.1) is 25.8 Å². The summed E-state index contributed by atoms with van der Waals surface area (Å²) >= 11 is 0. The highest BCUT2D eigenvalue weighted by Gasteiger charge is 2.13. The van der Waals surface area contributed by atoms with Gasteiger partial charge in [0.2, 0.25) is 0 Å². The fourth-order valence-electron chi connectivity index (χ4n) is 1.03. The van der Waals surface area contributed by atoms with Crippen LogP contribution in [0.3, 0.4) is 0 Å². The van der Waals surface area contributed by atoms with Gasteiger partial charge in [-0.1, -0.05) is 0 Å². The molecular weight excluding hydrogens is 202 g/mol. The van der Waals surface area contributed by atoms with Crippen molar-refractivity contribution in [3.63, 3.8) is 0 Å². The number of nitrogens with zero attached hydrogens (tertiary/aromatic N) is 2. The molecule has 0 aliphatic heterocycles. The van der Waals surface area contributed by atoms with Crippen LogP contribution < -0.4 is 5.73 Å². The number of ether oxygens (including phenoxy) is 1. The average Bonchev–Trinajstić information content (AvgIpc) is 2.56. The van der Waals surface area contributed by atoms with E-state index in [-0.39, 0.29) is 30.3 Å². The molecule has 0 amide bonds. The molecule has 1 aromatic rings. The maximum absolute atomic E-state index is 10.8. The third-order valence-electron chi connectivity index (χ3n) is 1.77. The van der Waals surface area contributed by atoms with Gasteiger partial charge in [-0.05, 0) is 0 Å². The second-order valence-electron chi connectivity index (χ2n) is 2.83. The van der Waals surface area contributed by atoms with Crippen molar-refractivity contribution < 1.29 is 19.4 Å². The lowest BCUT2D eigenvalue weighted by molar-refractivity contribution is -0.140. The van der Waals surface area contributed by atoms with Gasteiger partial charge in [0.25, 0.3) is 0 Å². The summed E-state index contributed by atoms with van der Waals surface area (Å²) < 4.78 is 5.73. The predicted molar refractivity (Wildman–Crippen MR) is 50.2 cm³/mol. The third kappa shape index (κ3) is 2.70. The number of methoxy groups -OCH3 is 1. The van der Waals surface area contributed by atoms with Gasteiger partial charge in [0.1, 0.15) is 0 Å². The topological polar surface area (TPSA) is 107 Å². The van der Waals surface area contributed by atoms with Crippen LogP contribution in [0.1, 0.15) is 16.9 Å². The van der Waals surface area contributed by atoms with E-state index in [0.717, 1.165) is 0 Å². The average molecular weight is 213 g/mol. The first kappa shape index (κ1) is 11.0. The molecule has 7 heteroatoms. The molecule has 1 aromatic heterocycles. The predicted octanol–water partition coefficient (Wildman–Crippen LogP) is -0.273. The van der Waals surface area contributed by atoms with Crippen LogP contribution in [-0.4, -0.2) is 33.9 Å². The highest BCUT2D eigenvalue weighted by molar-refractivity contribution is 5.91. The zero-order valence-electron chi connectivity index (χ0n) is 8.14. The Morgan fingerprint density at radius 1 is 1.67 bits per heavy atom. The fraction of sp³-hybridized carbons (Fsp3) is 0.375. The Morgan fingerprint density at radius 3 is 2.80 bits per heavy atom. The van der Waals surface area contributed by atoms with Crippen molar-refractivity contribution in [1.29, 1.82) is 0 Å². The minimum atomic E-state index is -1.19. The van der Waals surface area contributed by atoms with Crippen LogP contribution in [0.15, 0.2) is 6.20 Å². The van der Waals surface area contributed by atoms with Crippen LogP contribution >= 0.6 is 0 Å². The van der Waals surface area contributed by atoms with Crippen LogP contribution in [0.4, 0.5) is 5.69 Å². The summed E-state index contributed by atoms with van der Waals surface area (Å²) in [6.45, 7) is 0.240. The lowest BCUT2D eigenvalue weighted by Gasteiger charge is -1.98. The molecule has 0 aromatic carbocycles. The summed E-state index contributed by atoms with van der Waals surface area (Å²) in [5.41, 5.74) is 5.27. The summed E-state index contributed by atoms with van der Waals surface area (Å²) in [5.74, 6) is -1.58. The van der Waals surface area contributed by atoms with E-state index in [4.69, 9.17) is 10.8 Å². The van der Waals surface area contributed by atoms with Crippen molar-refractivity contribution in [2.75, 3.05) is 12.8 Å². The van der Waals surface area contributed by atoms with Crippen molar-refractivity contribution in [3.05, 3.63) is 11.9 Å². The molecule has 0 aliphatic carbocycles. The molecule has 0 spiro atoms. The first-order valence-electron chi connectivity index (χ1n) is 4.17. The SMILES string of the molecule is COC(=O)CCn1cc(N)c(C(=O)O)n1. The Kier molecular flexibility index (Phi) is 3.27. The molecule has 0 radical (unpaired) electrons. The molecular formula is C8H11N3O4. The smallest absolute Gasteiger partial charge is 0.358 e. The molecule has 0 atom stereocenters. The number of carboxylic acids is 1. The highest BCUT2D eigenvalue weighted by Crippen LogP contribution is 2.09. The Hall–Kier alpha value is -2.05. The zero-order valence-corrected chi connectivity index (χ0v) is 8.14. The van der Waals surface area contributed by atoms with E-state index in [1.165, 1.54) is 18.0 Å². The minimum Gasteiger partial charge on any atom is -0.476 e. The number of carboxylic acid groups (broad SMARTS) is 1. The van der Waals surface area contributed by atoms with E-state index in [1.807, 2.05) is 0 Å². The number of rotatable bonds is 4. The number of aromatic carboxylic acids is 1. The quantitative estimate of drug-likeness (QED) is 0.666. The van der Waals surface area contributed by atoms with Crippen molar-refractivity contribution in [3.8, 4) is 0 Å². The molecule has 1 rings (SSSR count). The van der Waals surface area contributed by atoms with E-state index in [2.05, 4.69) is 9.84 Å². The second-order valence-corrected chi connectivity index (χ2v) is 2.83. The summed E-state index contributed by atoms with van der Waals surface area (Å²) in [4.78, 5) is 21.4. The van der Waals surface area contributed by atoms with Gasteiger partial charge < -0.3 is 15.6 Å². The molecule has 0 fully saturated rings. The van der Waals surface area contributed by atoms with Crippen LogP contribution in [-0.2, 0) is 16.1 Å². The van der Waals surface area contributed by atoms with Gasteiger partial charge in [0.15, 0.2) is 5.69 Å². The number of hydrogen-bond donors (Lipinski definition) is 2. The number of carbonyl (C=O) groups is 2. The number of carbonyl (C=O) groups excluding carboxylic acids is 1. The van der Waals surface area contributed by atoms with Gasteiger partial charge in [-0.15, -0.1) is 0 Å². The van der Waals surface area contributed by atoms with Gasteiger partial charge >= 0.3 is 11.9 Å². The van der Waals surface area contributed by atoms with Gasteiger partial charge in [-0.3, -0.25) is 9.48 Å². The number of esters is 1. The van der Waals surface area contributed by atoms with E-state index in [9.17, 15) is 9.59 Å². The van der Waals surface area contributed by atoms with E-state index < -0.39 is 5.97 Å². The first-order valence-corrected chi connectivity index (χ1v) is 4.17. The normalized spacial score (nSPS) is 9.93. The first-order chi connectivity index (χ1) is 7.04. The fourth-order valence-corrected chi connectivity index (χ4v) is 1.03. The Morgan fingerprint density at radius 2 is 2.33 bits per heavy atom. The Bertz CT molecular complexity index is 385. The summed E-state index contributed by atoms with van der Waals surface area (Å²) in [7, 11) is 1.28. The molecule has 7 nitrogen and oxygen atoms in total. The molecule has 0 saturated heterocycles. The number of aryl methyl sites for hydroxylation is 1.